The molecule has 3 aromatic carbocycles. The van der Waals surface area contributed by atoms with E-state index in [9.17, 15) is 13.6 Å². The molecule has 0 spiro atoms. The van der Waals surface area contributed by atoms with Gasteiger partial charge in [0, 0.05) is 5.56 Å². The van der Waals surface area contributed by atoms with Gasteiger partial charge >= 0.3 is 0 Å². The highest BCUT2D eigenvalue weighted by atomic mass is 19.1. The zero-order chi connectivity index (χ0) is 20.4. The fraction of sp³-hybridized carbons (Fsp3) is 0.0455. The van der Waals surface area contributed by atoms with E-state index in [1.807, 2.05) is 31.2 Å². The van der Waals surface area contributed by atoms with Crippen molar-refractivity contribution in [3.63, 3.8) is 0 Å². The Morgan fingerprint density at radius 3 is 2.45 bits per heavy atom. The first-order valence-corrected chi connectivity index (χ1v) is 8.87. The van der Waals surface area contributed by atoms with E-state index in [0.29, 0.717) is 17.1 Å². The molecule has 0 aliphatic rings. The van der Waals surface area contributed by atoms with E-state index in [-0.39, 0.29) is 17.3 Å². The minimum Gasteiger partial charge on any atom is -0.317 e. The van der Waals surface area contributed by atoms with E-state index in [2.05, 4.69) is 15.4 Å². The Bertz CT molecular complexity index is 1190. The predicted octanol–water partition coefficient (Wildman–Crippen LogP) is 4.77. The summed E-state index contributed by atoms with van der Waals surface area (Å²) >= 11 is 0. The van der Waals surface area contributed by atoms with Gasteiger partial charge in [-0.05, 0) is 61.0 Å². The number of amides is 1. The van der Waals surface area contributed by atoms with Gasteiger partial charge in [0.2, 0.25) is 5.82 Å². The number of hydrogen-bond acceptors (Lipinski definition) is 3. The largest absolute Gasteiger partial charge is 0.317 e. The van der Waals surface area contributed by atoms with E-state index in [1.165, 1.54) is 35.0 Å². The predicted molar refractivity (Wildman–Crippen MR) is 106 cm³/mol. The van der Waals surface area contributed by atoms with Crippen molar-refractivity contribution in [2.45, 2.75) is 6.92 Å². The molecule has 0 aliphatic carbocycles. The highest BCUT2D eigenvalue weighted by molar-refractivity contribution is 6.01. The van der Waals surface area contributed by atoms with E-state index in [4.69, 9.17) is 0 Å². The standard InChI is InChI=1S/C22H16F2N4O/c1-14-5-4-6-17(13-14)28-21(15-9-11-16(23)12-10-15)26-20(27-28)22(29)25-19-8-3-2-7-18(19)24/h2-13H,1H3,(H,25,29). The summed E-state index contributed by atoms with van der Waals surface area (Å²) in [5.74, 6) is -1.35. The highest BCUT2D eigenvalue weighted by Crippen LogP contribution is 2.23. The molecule has 1 aromatic heterocycles. The average molecular weight is 390 g/mol. The molecule has 5 nitrogen and oxygen atoms in total. The van der Waals surface area contributed by atoms with Gasteiger partial charge in [-0.25, -0.2) is 18.4 Å². The van der Waals surface area contributed by atoms with E-state index < -0.39 is 11.7 Å². The average Bonchev–Trinajstić information content (AvgIpc) is 3.16. The SMILES string of the molecule is Cc1cccc(-n2nc(C(=O)Nc3ccccc3F)nc2-c2ccc(F)cc2)c1. The maximum Gasteiger partial charge on any atom is 0.295 e. The van der Waals surface area contributed by atoms with Crippen LogP contribution in [0.3, 0.4) is 0 Å². The van der Waals surface area contributed by atoms with Crippen LogP contribution < -0.4 is 5.32 Å². The van der Waals surface area contributed by atoms with Crippen LogP contribution in [0, 0.1) is 18.6 Å². The number of aromatic nitrogens is 3. The molecule has 0 atom stereocenters. The molecule has 4 rings (SSSR count). The number of carbonyl (C=O) groups is 1. The molecule has 1 heterocycles. The molecule has 0 unspecified atom stereocenters. The Balaban J connectivity index is 1.78. The molecule has 1 N–H and O–H groups in total. The lowest BCUT2D eigenvalue weighted by atomic mass is 10.2. The van der Waals surface area contributed by atoms with Crippen molar-refractivity contribution >= 4 is 11.6 Å². The molecule has 7 heteroatoms. The Hall–Kier alpha value is -3.87. The van der Waals surface area contributed by atoms with E-state index >= 15 is 0 Å². The van der Waals surface area contributed by atoms with Crippen LogP contribution >= 0.6 is 0 Å². The van der Waals surface area contributed by atoms with Crippen LogP contribution in [0.25, 0.3) is 17.1 Å². The van der Waals surface area contributed by atoms with Gasteiger partial charge in [0.15, 0.2) is 5.82 Å². The molecule has 4 aromatic rings. The fourth-order valence-corrected chi connectivity index (χ4v) is 2.87. The third kappa shape index (κ3) is 3.89. The van der Waals surface area contributed by atoms with E-state index in [0.717, 1.165) is 5.56 Å². The first-order chi connectivity index (χ1) is 14.0. The van der Waals surface area contributed by atoms with Gasteiger partial charge in [-0.15, -0.1) is 5.10 Å². The third-order valence-electron chi connectivity index (χ3n) is 4.28. The number of nitrogens with one attached hydrogen (secondary N) is 1. The fourth-order valence-electron chi connectivity index (χ4n) is 2.87. The molecular weight excluding hydrogens is 374 g/mol. The van der Waals surface area contributed by atoms with Crippen molar-refractivity contribution in [1.82, 2.24) is 14.8 Å². The zero-order valence-corrected chi connectivity index (χ0v) is 15.4. The lowest BCUT2D eigenvalue weighted by Crippen LogP contribution is -2.15. The van der Waals surface area contributed by atoms with Gasteiger partial charge in [0.1, 0.15) is 11.6 Å². The number of nitrogens with zero attached hydrogens (tertiary/aromatic N) is 3. The minimum atomic E-state index is -0.648. The molecule has 0 saturated heterocycles. The summed E-state index contributed by atoms with van der Waals surface area (Å²) in [5, 5.41) is 6.80. The minimum absolute atomic E-state index is 0.0349. The molecule has 0 radical (unpaired) electrons. The molecule has 29 heavy (non-hydrogen) atoms. The van der Waals surface area contributed by atoms with Crippen LogP contribution in [0.15, 0.2) is 72.8 Å². The van der Waals surface area contributed by atoms with Crippen LogP contribution in [0.5, 0.6) is 0 Å². The number of carbonyl (C=O) groups excluding carboxylic acids is 1. The van der Waals surface area contributed by atoms with Crippen LogP contribution in [0.4, 0.5) is 14.5 Å². The lowest BCUT2D eigenvalue weighted by Gasteiger charge is -2.06. The number of para-hydroxylation sites is 1. The third-order valence-corrected chi connectivity index (χ3v) is 4.28. The highest BCUT2D eigenvalue weighted by Gasteiger charge is 2.20. The smallest absolute Gasteiger partial charge is 0.295 e. The Kier molecular flexibility index (Phi) is 4.87. The maximum absolute atomic E-state index is 13.9. The maximum atomic E-state index is 13.9. The zero-order valence-electron chi connectivity index (χ0n) is 15.4. The summed E-state index contributed by atoms with van der Waals surface area (Å²) in [6.07, 6.45) is 0. The molecule has 0 saturated carbocycles. The lowest BCUT2D eigenvalue weighted by molar-refractivity contribution is 0.101. The van der Waals surface area contributed by atoms with Gasteiger partial charge < -0.3 is 5.32 Å². The van der Waals surface area contributed by atoms with Gasteiger partial charge in [-0.1, -0.05) is 24.3 Å². The van der Waals surface area contributed by atoms with Crippen LogP contribution in [-0.4, -0.2) is 20.7 Å². The topological polar surface area (TPSA) is 59.8 Å². The second-order valence-electron chi connectivity index (χ2n) is 6.45. The van der Waals surface area contributed by atoms with Crippen LogP contribution in [0.1, 0.15) is 16.2 Å². The van der Waals surface area contributed by atoms with Crippen LogP contribution in [-0.2, 0) is 0 Å². The molecule has 0 fully saturated rings. The van der Waals surface area contributed by atoms with Gasteiger partial charge in [-0.3, -0.25) is 4.79 Å². The number of halogens is 2. The van der Waals surface area contributed by atoms with Gasteiger partial charge in [0.05, 0.1) is 11.4 Å². The normalized spacial score (nSPS) is 10.7. The van der Waals surface area contributed by atoms with Crippen LogP contribution in [0.2, 0.25) is 0 Å². The van der Waals surface area contributed by atoms with Crippen molar-refractivity contribution in [3.8, 4) is 17.1 Å². The number of hydrogen-bond donors (Lipinski definition) is 1. The first kappa shape index (κ1) is 18.5. The van der Waals surface area contributed by atoms with Gasteiger partial charge in [-0.2, -0.15) is 0 Å². The summed E-state index contributed by atoms with van der Waals surface area (Å²) in [5.41, 5.74) is 2.32. The first-order valence-electron chi connectivity index (χ1n) is 8.87. The quantitative estimate of drug-likeness (QED) is 0.546. The monoisotopic (exact) mass is 390 g/mol. The Morgan fingerprint density at radius 2 is 1.72 bits per heavy atom. The number of rotatable bonds is 4. The Morgan fingerprint density at radius 1 is 0.966 bits per heavy atom. The molecule has 1 amide bonds. The summed E-state index contributed by atoms with van der Waals surface area (Å²) in [4.78, 5) is 17.0. The number of aryl methyl sites for hydroxylation is 1. The van der Waals surface area contributed by atoms with Crippen molar-refractivity contribution in [1.29, 1.82) is 0 Å². The van der Waals surface area contributed by atoms with E-state index in [1.54, 1.807) is 18.2 Å². The second kappa shape index (κ2) is 7.63. The number of anilines is 1. The van der Waals surface area contributed by atoms with Crippen molar-refractivity contribution in [2.75, 3.05) is 5.32 Å². The van der Waals surface area contributed by atoms with Crippen molar-refractivity contribution in [2.24, 2.45) is 0 Å². The second-order valence-corrected chi connectivity index (χ2v) is 6.45. The summed E-state index contributed by atoms with van der Waals surface area (Å²) < 4.78 is 28.7. The summed E-state index contributed by atoms with van der Waals surface area (Å²) in [7, 11) is 0. The van der Waals surface area contributed by atoms with Crippen molar-refractivity contribution < 1.29 is 13.6 Å². The molecular formula is C22H16F2N4O. The molecule has 144 valence electrons. The molecule has 0 bridgehead atoms. The summed E-state index contributed by atoms with van der Waals surface area (Å²) in [6.45, 7) is 1.93. The Labute approximate surface area is 165 Å². The van der Waals surface area contributed by atoms with Crippen molar-refractivity contribution in [3.05, 3.63) is 95.8 Å². The number of benzene rings is 3. The van der Waals surface area contributed by atoms with Gasteiger partial charge in [0.25, 0.3) is 5.91 Å². The molecule has 0 aliphatic heterocycles. The summed E-state index contributed by atoms with van der Waals surface area (Å²) in [6, 6.07) is 19.1.